The fourth-order valence-electron chi connectivity index (χ4n) is 10.5. The summed E-state index contributed by atoms with van der Waals surface area (Å²) in [5, 5.41) is 32.6. The topological polar surface area (TPSA) is 77.8 Å². The number of hydrogen-bond donors (Lipinski definition) is 3. The van der Waals surface area contributed by atoms with Gasteiger partial charge in [0.05, 0.1) is 18.8 Å². The van der Waals surface area contributed by atoms with Crippen LogP contribution in [0.2, 0.25) is 0 Å². The van der Waals surface area contributed by atoms with Crippen LogP contribution in [0.15, 0.2) is 11.6 Å². The van der Waals surface area contributed by atoms with Crippen LogP contribution in [0, 0.1) is 50.2 Å². The average molecular weight is 473 g/mol. The maximum absolute atomic E-state index is 14.2. The van der Waals surface area contributed by atoms with Crippen LogP contribution in [0.1, 0.15) is 99.8 Å². The van der Waals surface area contributed by atoms with Crippen LogP contribution < -0.4 is 0 Å². The molecule has 0 aromatic carbocycles. The summed E-state index contributed by atoms with van der Waals surface area (Å²) in [7, 11) is 0. The normalized spacial score (nSPS) is 56.5. The zero-order chi connectivity index (χ0) is 25.1. The molecule has 0 amide bonds. The maximum Gasteiger partial charge on any atom is 0.159 e. The Morgan fingerprint density at radius 2 is 1.53 bits per heavy atom. The molecular formula is C30H48O4. The molecule has 0 spiro atoms. The molecule has 0 aliphatic heterocycles. The van der Waals surface area contributed by atoms with Gasteiger partial charge in [0.15, 0.2) is 5.78 Å². The SMILES string of the molecule is CC1(C)CC2C3=CC(=O)[C@@H]4[C@@]5(C)CC[C@H](O)[C@](C)(CO)C5CC[C@@]4(C)[C@]3(C)CC[C@@]2(C)[C@H](O)C1. The van der Waals surface area contributed by atoms with E-state index in [-0.39, 0.29) is 63.3 Å². The van der Waals surface area contributed by atoms with Gasteiger partial charge < -0.3 is 15.3 Å². The largest absolute Gasteiger partial charge is 0.396 e. The monoisotopic (exact) mass is 472 g/mol. The summed E-state index contributed by atoms with van der Waals surface area (Å²) in [5.74, 6) is 0.560. The number of hydrogen-bond acceptors (Lipinski definition) is 4. The Bertz CT molecular complexity index is 923. The zero-order valence-electron chi connectivity index (χ0n) is 22.6. The van der Waals surface area contributed by atoms with E-state index in [9.17, 15) is 20.1 Å². The predicted octanol–water partition coefficient (Wildman–Crippen LogP) is 5.29. The summed E-state index contributed by atoms with van der Waals surface area (Å²) in [5.41, 5.74) is 0.236. The highest BCUT2D eigenvalue weighted by Crippen LogP contribution is 2.75. The summed E-state index contributed by atoms with van der Waals surface area (Å²) in [6.07, 6.45) is 8.48. The van der Waals surface area contributed by atoms with Gasteiger partial charge in [-0.2, -0.15) is 0 Å². The van der Waals surface area contributed by atoms with Gasteiger partial charge in [0.2, 0.25) is 0 Å². The second-order valence-electron chi connectivity index (χ2n) is 15.1. The molecule has 34 heavy (non-hydrogen) atoms. The molecule has 4 heteroatoms. The van der Waals surface area contributed by atoms with Crippen molar-refractivity contribution in [2.75, 3.05) is 6.61 Å². The summed E-state index contributed by atoms with van der Waals surface area (Å²) in [6.45, 7) is 15.9. The number of rotatable bonds is 1. The van der Waals surface area contributed by atoms with Crippen LogP contribution in [-0.4, -0.2) is 39.9 Å². The minimum Gasteiger partial charge on any atom is -0.396 e. The van der Waals surface area contributed by atoms with E-state index >= 15 is 0 Å². The van der Waals surface area contributed by atoms with Crippen LogP contribution in [0.4, 0.5) is 0 Å². The highest BCUT2D eigenvalue weighted by molar-refractivity contribution is 5.95. The van der Waals surface area contributed by atoms with Crippen LogP contribution in [0.5, 0.6) is 0 Å². The second-order valence-corrected chi connectivity index (χ2v) is 15.1. The first-order valence-electron chi connectivity index (χ1n) is 13.8. The third-order valence-corrected chi connectivity index (χ3v) is 13.0. The average Bonchev–Trinajstić information content (AvgIpc) is 2.74. The lowest BCUT2D eigenvalue weighted by molar-refractivity contribution is -0.215. The van der Waals surface area contributed by atoms with E-state index in [2.05, 4.69) is 41.5 Å². The van der Waals surface area contributed by atoms with Crippen molar-refractivity contribution in [3.05, 3.63) is 11.6 Å². The standard InChI is InChI=1S/C30H48O4/c1-25(2)15-19-18-14-20(32)24-27(4)10-9-22(33)28(5,17-31)21(27)8-11-30(24,7)29(18,6)13-12-26(19,3)23(34)16-25/h14,19,21-24,31,33-34H,8-13,15-17H2,1-7H3/t19?,21?,22-,23+,24+,26+,27-,28+,29+,30+/m0/s1. The molecule has 2 unspecified atom stereocenters. The predicted molar refractivity (Wildman–Crippen MR) is 134 cm³/mol. The van der Waals surface area contributed by atoms with E-state index in [0.717, 1.165) is 44.9 Å². The van der Waals surface area contributed by atoms with E-state index in [0.29, 0.717) is 6.42 Å². The van der Waals surface area contributed by atoms with Gasteiger partial charge >= 0.3 is 0 Å². The van der Waals surface area contributed by atoms with Crippen LogP contribution >= 0.6 is 0 Å². The smallest absolute Gasteiger partial charge is 0.159 e. The molecule has 3 N–H and O–H groups in total. The molecule has 5 aliphatic rings. The number of carbonyl (C=O) groups excluding carboxylic acids is 1. The van der Waals surface area contributed by atoms with Gasteiger partial charge in [-0.15, -0.1) is 0 Å². The fourth-order valence-corrected chi connectivity index (χ4v) is 10.5. The van der Waals surface area contributed by atoms with Gasteiger partial charge in [-0.05, 0) is 90.9 Å². The molecule has 0 aromatic rings. The molecule has 0 heterocycles. The maximum atomic E-state index is 14.2. The van der Waals surface area contributed by atoms with Crippen molar-refractivity contribution in [3.8, 4) is 0 Å². The van der Waals surface area contributed by atoms with E-state index in [4.69, 9.17) is 0 Å². The minimum atomic E-state index is -0.553. The van der Waals surface area contributed by atoms with Crippen molar-refractivity contribution in [2.45, 2.75) is 112 Å². The van der Waals surface area contributed by atoms with E-state index in [1.807, 2.05) is 13.0 Å². The van der Waals surface area contributed by atoms with Crippen LogP contribution in [-0.2, 0) is 4.79 Å². The summed E-state index contributed by atoms with van der Waals surface area (Å²) < 4.78 is 0. The molecule has 0 radical (unpaired) electrons. The molecule has 0 saturated heterocycles. The van der Waals surface area contributed by atoms with Crippen molar-refractivity contribution in [1.82, 2.24) is 0 Å². The molecule has 5 rings (SSSR count). The first-order chi connectivity index (χ1) is 15.6. The lowest BCUT2D eigenvalue weighted by Gasteiger charge is -2.70. The van der Waals surface area contributed by atoms with Crippen molar-refractivity contribution in [2.24, 2.45) is 50.2 Å². The molecule has 4 saturated carbocycles. The zero-order valence-corrected chi connectivity index (χ0v) is 22.6. The Morgan fingerprint density at radius 1 is 0.853 bits per heavy atom. The third-order valence-electron chi connectivity index (χ3n) is 13.0. The van der Waals surface area contributed by atoms with Gasteiger partial charge in [0.25, 0.3) is 0 Å². The molecule has 4 fully saturated rings. The number of ketones is 1. The number of allylic oxidation sites excluding steroid dienone is 2. The van der Waals surface area contributed by atoms with Gasteiger partial charge in [-0.1, -0.05) is 54.0 Å². The Kier molecular flexibility index (Phi) is 5.28. The fraction of sp³-hybridized carbons (Fsp3) is 0.900. The van der Waals surface area contributed by atoms with E-state index in [1.165, 1.54) is 5.57 Å². The minimum absolute atomic E-state index is 0.0300. The molecule has 5 aliphatic carbocycles. The van der Waals surface area contributed by atoms with Gasteiger partial charge in [-0.3, -0.25) is 4.79 Å². The Balaban J connectivity index is 1.63. The van der Waals surface area contributed by atoms with Gasteiger partial charge in [-0.25, -0.2) is 0 Å². The summed E-state index contributed by atoms with van der Waals surface area (Å²) >= 11 is 0. The number of carbonyl (C=O) groups is 1. The molecule has 4 nitrogen and oxygen atoms in total. The second kappa shape index (κ2) is 7.19. The molecular weight excluding hydrogens is 424 g/mol. The third kappa shape index (κ3) is 2.85. The molecule has 0 aromatic heterocycles. The lowest BCUT2D eigenvalue weighted by Crippen LogP contribution is -2.67. The highest BCUT2D eigenvalue weighted by Gasteiger charge is 2.71. The lowest BCUT2D eigenvalue weighted by atomic mass is 9.33. The number of aliphatic hydroxyl groups is 3. The van der Waals surface area contributed by atoms with Crippen molar-refractivity contribution in [3.63, 3.8) is 0 Å². The van der Waals surface area contributed by atoms with E-state index in [1.54, 1.807) is 0 Å². The van der Waals surface area contributed by atoms with Crippen LogP contribution in [0.3, 0.4) is 0 Å². The van der Waals surface area contributed by atoms with Crippen LogP contribution in [0.25, 0.3) is 0 Å². The molecule has 0 bridgehead atoms. The Labute approximate surface area is 206 Å². The first kappa shape index (κ1) is 25.0. The Morgan fingerprint density at radius 3 is 2.18 bits per heavy atom. The van der Waals surface area contributed by atoms with Crippen molar-refractivity contribution < 1.29 is 20.1 Å². The summed E-state index contributed by atoms with van der Waals surface area (Å²) in [6, 6.07) is 0. The van der Waals surface area contributed by atoms with Gasteiger partial charge in [0.1, 0.15) is 0 Å². The van der Waals surface area contributed by atoms with Crippen molar-refractivity contribution >= 4 is 5.78 Å². The highest BCUT2D eigenvalue weighted by atomic mass is 16.3. The van der Waals surface area contributed by atoms with Gasteiger partial charge in [0, 0.05) is 16.7 Å². The quantitative estimate of drug-likeness (QED) is 0.484. The molecule has 10 atom stereocenters. The Hall–Kier alpha value is -0.710. The first-order valence-corrected chi connectivity index (χ1v) is 13.8. The summed E-state index contributed by atoms with van der Waals surface area (Å²) in [4.78, 5) is 14.2. The van der Waals surface area contributed by atoms with E-state index < -0.39 is 11.5 Å². The van der Waals surface area contributed by atoms with Crippen molar-refractivity contribution in [1.29, 1.82) is 0 Å². The number of fused-ring (bicyclic) bond motifs is 7. The number of aliphatic hydroxyl groups excluding tert-OH is 3. The molecule has 192 valence electrons.